The Morgan fingerprint density at radius 3 is 2.61 bits per heavy atom. The predicted octanol–water partition coefficient (Wildman–Crippen LogP) is 1.51. The molecule has 0 saturated carbocycles. The number of hydrogen-bond donors (Lipinski definition) is 2. The Labute approximate surface area is 107 Å². The van der Waals surface area contributed by atoms with Gasteiger partial charge in [0.15, 0.2) is 0 Å². The maximum Gasteiger partial charge on any atom is 0.103 e. The third-order valence-electron chi connectivity index (χ3n) is 2.81. The SMILES string of the molecule is Nc1c(C(=O)[O-])sc2c1C=CC(=C1C=CC=C1)N2. The topological polar surface area (TPSA) is 78.2 Å². The number of anilines is 2. The Morgan fingerprint density at radius 2 is 1.94 bits per heavy atom. The van der Waals surface area contributed by atoms with E-state index < -0.39 is 5.97 Å². The minimum absolute atomic E-state index is 0.0703. The van der Waals surface area contributed by atoms with Crippen LogP contribution in [0.5, 0.6) is 0 Å². The lowest BCUT2D eigenvalue weighted by atomic mass is 10.1. The molecule has 4 nitrogen and oxygen atoms in total. The highest BCUT2D eigenvalue weighted by Crippen LogP contribution is 2.40. The zero-order valence-electron chi connectivity index (χ0n) is 9.27. The Kier molecular flexibility index (Phi) is 2.34. The lowest BCUT2D eigenvalue weighted by molar-refractivity contribution is -0.254. The standard InChI is InChI=1S/C13H10N2O2S/c14-10-8-5-6-9(7-3-1-2-4-7)15-12(8)18-11(10)13(16)17/h1-6,15H,14H2,(H,16,17)/p-1. The van der Waals surface area contributed by atoms with Gasteiger partial charge in [0, 0.05) is 11.3 Å². The second-order valence-corrected chi connectivity index (χ2v) is 4.94. The van der Waals surface area contributed by atoms with E-state index >= 15 is 0 Å². The third kappa shape index (κ3) is 1.56. The van der Waals surface area contributed by atoms with Gasteiger partial charge in [0.05, 0.1) is 16.5 Å². The lowest BCUT2D eigenvalue weighted by Crippen LogP contribution is -2.22. The molecule has 0 unspecified atom stereocenters. The van der Waals surface area contributed by atoms with Gasteiger partial charge in [0.2, 0.25) is 0 Å². The number of rotatable bonds is 1. The van der Waals surface area contributed by atoms with E-state index in [0.29, 0.717) is 0 Å². The number of carboxylic acid groups (broad SMARTS) is 1. The molecule has 0 saturated heterocycles. The number of carbonyl (C=O) groups excluding carboxylic acids is 1. The number of nitrogens with one attached hydrogen (secondary N) is 1. The zero-order valence-corrected chi connectivity index (χ0v) is 10.1. The van der Waals surface area contributed by atoms with Crippen molar-refractivity contribution < 1.29 is 9.90 Å². The van der Waals surface area contributed by atoms with Crippen LogP contribution in [0.25, 0.3) is 6.08 Å². The predicted molar refractivity (Wildman–Crippen MR) is 71.0 cm³/mol. The fourth-order valence-corrected chi connectivity index (χ4v) is 2.88. The van der Waals surface area contributed by atoms with E-state index in [1.54, 1.807) is 0 Å². The summed E-state index contributed by atoms with van der Waals surface area (Å²) in [5, 5.41) is 14.8. The van der Waals surface area contributed by atoms with Gasteiger partial charge in [-0.2, -0.15) is 0 Å². The fourth-order valence-electron chi connectivity index (χ4n) is 1.92. The highest BCUT2D eigenvalue weighted by molar-refractivity contribution is 7.18. The van der Waals surface area contributed by atoms with Crippen LogP contribution in [0, 0.1) is 0 Å². The number of carbonyl (C=O) groups is 1. The van der Waals surface area contributed by atoms with Crippen molar-refractivity contribution in [2.75, 3.05) is 11.1 Å². The van der Waals surface area contributed by atoms with E-state index in [1.807, 2.05) is 36.5 Å². The van der Waals surface area contributed by atoms with E-state index in [1.165, 1.54) is 0 Å². The van der Waals surface area contributed by atoms with E-state index in [2.05, 4.69) is 5.32 Å². The van der Waals surface area contributed by atoms with Crippen LogP contribution in [-0.2, 0) is 0 Å². The molecule has 0 atom stereocenters. The number of nitrogens with two attached hydrogens (primary N) is 1. The summed E-state index contributed by atoms with van der Waals surface area (Å²) < 4.78 is 0. The molecule has 0 aromatic carbocycles. The number of fused-ring (bicyclic) bond motifs is 1. The van der Waals surface area contributed by atoms with E-state index in [-0.39, 0.29) is 10.6 Å². The van der Waals surface area contributed by atoms with E-state index in [4.69, 9.17) is 5.73 Å². The molecule has 1 aromatic rings. The average molecular weight is 257 g/mol. The normalized spacial score (nSPS) is 16.0. The summed E-state index contributed by atoms with van der Waals surface area (Å²) in [6.45, 7) is 0. The largest absolute Gasteiger partial charge is 0.544 e. The lowest BCUT2D eigenvalue weighted by Gasteiger charge is -2.13. The van der Waals surface area contributed by atoms with Gasteiger partial charge in [-0.05, 0) is 17.7 Å². The van der Waals surface area contributed by atoms with Gasteiger partial charge in [-0.3, -0.25) is 0 Å². The molecule has 90 valence electrons. The van der Waals surface area contributed by atoms with Crippen molar-refractivity contribution in [3.63, 3.8) is 0 Å². The summed E-state index contributed by atoms with van der Waals surface area (Å²) in [6, 6.07) is 0. The molecular weight excluding hydrogens is 248 g/mol. The molecule has 0 fully saturated rings. The first-order valence-corrected chi connectivity index (χ1v) is 6.16. The van der Waals surface area contributed by atoms with E-state index in [0.717, 1.165) is 33.2 Å². The van der Waals surface area contributed by atoms with Crippen LogP contribution in [0.15, 0.2) is 41.7 Å². The molecule has 0 radical (unpaired) electrons. The van der Waals surface area contributed by atoms with Crippen LogP contribution in [0.2, 0.25) is 0 Å². The van der Waals surface area contributed by atoms with Crippen molar-refractivity contribution in [2.24, 2.45) is 0 Å². The van der Waals surface area contributed by atoms with Gasteiger partial charge in [-0.25, -0.2) is 0 Å². The van der Waals surface area contributed by atoms with Crippen molar-refractivity contribution in [3.8, 4) is 0 Å². The highest BCUT2D eigenvalue weighted by Gasteiger charge is 2.18. The minimum atomic E-state index is -1.24. The van der Waals surface area contributed by atoms with Crippen molar-refractivity contribution >= 4 is 34.1 Å². The van der Waals surface area contributed by atoms with Gasteiger partial charge in [-0.1, -0.05) is 24.3 Å². The third-order valence-corrected chi connectivity index (χ3v) is 3.92. The summed E-state index contributed by atoms with van der Waals surface area (Å²) >= 11 is 1.10. The van der Waals surface area contributed by atoms with Crippen molar-refractivity contribution in [2.45, 2.75) is 0 Å². The molecule has 0 amide bonds. The quantitative estimate of drug-likeness (QED) is 0.799. The fraction of sp³-hybridized carbons (Fsp3) is 0. The minimum Gasteiger partial charge on any atom is -0.544 e. The Bertz CT molecular complexity index is 649. The van der Waals surface area contributed by atoms with Crippen molar-refractivity contribution in [1.82, 2.24) is 0 Å². The molecule has 2 aliphatic rings. The molecule has 1 aliphatic carbocycles. The molecule has 18 heavy (non-hydrogen) atoms. The molecule has 0 spiro atoms. The van der Waals surface area contributed by atoms with Crippen LogP contribution in [0.3, 0.4) is 0 Å². The molecule has 5 heteroatoms. The summed E-state index contributed by atoms with van der Waals surface area (Å²) in [7, 11) is 0. The van der Waals surface area contributed by atoms with Gasteiger partial charge in [-0.15, -0.1) is 11.3 Å². The first-order chi connectivity index (χ1) is 8.66. The highest BCUT2D eigenvalue weighted by atomic mass is 32.1. The summed E-state index contributed by atoms with van der Waals surface area (Å²) in [4.78, 5) is 11.0. The second-order valence-electron chi connectivity index (χ2n) is 3.92. The number of thiophene rings is 1. The van der Waals surface area contributed by atoms with Gasteiger partial charge in [0.25, 0.3) is 0 Å². The molecule has 2 heterocycles. The maximum absolute atomic E-state index is 10.9. The number of aromatic carboxylic acids is 1. The van der Waals surface area contributed by atoms with E-state index in [9.17, 15) is 9.90 Å². The van der Waals surface area contributed by atoms with Gasteiger partial charge in [0.1, 0.15) is 5.00 Å². The van der Waals surface area contributed by atoms with Crippen LogP contribution in [0.1, 0.15) is 15.2 Å². The number of allylic oxidation sites excluding steroid dienone is 6. The number of hydrogen-bond acceptors (Lipinski definition) is 5. The Morgan fingerprint density at radius 1 is 1.22 bits per heavy atom. The van der Waals surface area contributed by atoms with Crippen molar-refractivity contribution in [3.05, 3.63) is 52.1 Å². The Balaban J connectivity index is 2.07. The molecule has 3 N–H and O–H groups in total. The first kappa shape index (κ1) is 10.9. The molecule has 3 rings (SSSR count). The number of carboxylic acids is 1. The monoisotopic (exact) mass is 257 g/mol. The maximum atomic E-state index is 10.9. The molecule has 1 aromatic heterocycles. The Hall–Kier alpha value is -2.27. The molecule has 0 bridgehead atoms. The summed E-state index contributed by atoms with van der Waals surface area (Å²) in [6.07, 6.45) is 11.6. The average Bonchev–Trinajstić information content (AvgIpc) is 2.97. The zero-order chi connectivity index (χ0) is 12.7. The van der Waals surface area contributed by atoms with Gasteiger partial charge < -0.3 is 21.0 Å². The molecule has 1 aliphatic heterocycles. The molecular formula is C13H9N2O2S-. The second kappa shape index (κ2) is 3.89. The van der Waals surface area contributed by atoms with Crippen LogP contribution in [0.4, 0.5) is 10.7 Å². The smallest absolute Gasteiger partial charge is 0.103 e. The van der Waals surface area contributed by atoms with Crippen LogP contribution >= 0.6 is 11.3 Å². The van der Waals surface area contributed by atoms with Crippen LogP contribution in [-0.4, -0.2) is 5.97 Å². The summed E-state index contributed by atoms with van der Waals surface area (Å²) in [5.41, 5.74) is 8.74. The van der Waals surface area contributed by atoms with Gasteiger partial charge >= 0.3 is 0 Å². The summed E-state index contributed by atoms with van der Waals surface area (Å²) in [5.74, 6) is -1.24. The van der Waals surface area contributed by atoms with Crippen molar-refractivity contribution in [1.29, 1.82) is 0 Å². The van der Waals surface area contributed by atoms with Crippen LogP contribution < -0.4 is 16.2 Å². The first-order valence-electron chi connectivity index (χ1n) is 5.34. The number of nitrogen functional groups attached to an aromatic ring is 1.